The van der Waals surface area contributed by atoms with Gasteiger partial charge < -0.3 is 5.32 Å². The van der Waals surface area contributed by atoms with Crippen LogP contribution in [0.2, 0.25) is 0 Å². The minimum atomic E-state index is 0.0586. The first-order valence-corrected chi connectivity index (χ1v) is 7.84. The van der Waals surface area contributed by atoms with Crippen LogP contribution in [0.4, 0.5) is 0 Å². The number of pyridine rings is 1. The van der Waals surface area contributed by atoms with Crippen LogP contribution in [0.5, 0.6) is 0 Å². The molecule has 1 atom stereocenters. The van der Waals surface area contributed by atoms with Crippen LogP contribution in [0.3, 0.4) is 0 Å². The smallest absolute Gasteiger partial charge is 0.0933 e. The molecule has 0 saturated heterocycles. The highest BCUT2D eigenvalue weighted by molar-refractivity contribution is 9.10. The van der Waals surface area contributed by atoms with Crippen molar-refractivity contribution in [1.82, 2.24) is 20.1 Å². The maximum atomic E-state index is 4.67. The van der Waals surface area contributed by atoms with Crippen molar-refractivity contribution in [2.75, 3.05) is 6.54 Å². The van der Waals surface area contributed by atoms with Crippen molar-refractivity contribution < 1.29 is 0 Å². The zero-order valence-corrected chi connectivity index (χ0v) is 13.8. The van der Waals surface area contributed by atoms with Crippen LogP contribution in [0.15, 0.2) is 28.9 Å². The van der Waals surface area contributed by atoms with Gasteiger partial charge in [0.15, 0.2) is 0 Å². The van der Waals surface area contributed by atoms with E-state index in [9.17, 15) is 0 Å². The highest BCUT2D eigenvalue weighted by Gasteiger charge is 2.22. The summed E-state index contributed by atoms with van der Waals surface area (Å²) in [6.07, 6.45) is 2.92. The van der Waals surface area contributed by atoms with Gasteiger partial charge in [0.1, 0.15) is 0 Å². The van der Waals surface area contributed by atoms with Gasteiger partial charge in [0.2, 0.25) is 0 Å². The van der Waals surface area contributed by atoms with Crippen molar-refractivity contribution >= 4 is 15.9 Å². The third kappa shape index (κ3) is 3.27. The van der Waals surface area contributed by atoms with Gasteiger partial charge >= 0.3 is 0 Å². The molecule has 1 unspecified atom stereocenters. The van der Waals surface area contributed by atoms with Crippen LogP contribution >= 0.6 is 15.9 Å². The van der Waals surface area contributed by atoms with Crippen LogP contribution < -0.4 is 5.32 Å². The maximum absolute atomic E-state index is 4.67. The molecular weight excluding hydrogens is 316 g/mol. The molecule has 0 aliphatic carbocycles. The Kier molecular flexibility index (Phi) is 5.31. The minimum Gasteiger partial charge on any atom is -0.304 e. The fourth-order valence-electron chi connectivity index (χ4n) is 2.32. The second-order valence-corrected chi connectivity index (χ2v) is 5.65. The zero-order valence-electron chi connectivity index (χ0n) is 12.2. The normalized spacial score (nSPS) is 12.6. The molecular formula is C15H21BrN4. The third-order valence-corrected chi connectivity index (χ3v) is 3.77. The molecule has 0 aliphatic rings. The van der Waals surface area contributed by atoms with Crippen LogP contribution in [0.25, 0.3) is 0 Å². The van der Waals surface area contributed by atoms with Gasteiger partial charge in [0, 0.05) is 12.2 Å². The predicted molar refractivity (Wildman–Crippen MR) is 84.7 cm³/mol. The van der Waals surface area contributed by atoms with Crippen molar-refractivity contribution in [2.45, 2.75) is 39.8 Å². The lowest BCUT2D eigenvalue weighted by molar-refractivity contribution is 0.512. The van der Waals surface area contributed by atoms with Crippen molar-refractivity contribution in [3.8, 4) is 0 Å². The van der Waals surface area contributed by atoms with Crippen LogP contribution in [0, 0.1) is 6.92 Å². The first kappa shape index (κ1) is 15.2. The van der Waals surface area contributed by atoms with Gasteiger partial charge in [-0.1, -0.05) is 19.9 Å². The molecule has 2 aromatic rings. The quantitative estimate of drug-likeness (QED) is 0.878. The number of hydrogen-bond donors (Lipinski definition) is 1. The van der Waals surface area contributed by atoms with Gasteiger partial charge in [-0.3, -0.25) is 9.67 Å². The van der Waals surface area contributed by atoms with Gasteiger partial charge in [-0.25, -0.2) is 0 Å². The topological polar surface area (TPSA) is 42.7 Å². The Labute approximate surface area is 128 Å². The van der Waals surface area contributed by atoms with Gasteiger partial charge in [-0.15, -0.1) is 0 Å². The Hall–Kier alpha value is -1.20. The summed E-state index contributed by atoms with van der Waals surface area (Å²) >= 11 is 3.62. The van der Waals surface area contributed by atoms with Crippen molar-refractivity contribution in [1.29, 1.82) is 0 Å². The largest absolute Gasteiger partial charge is 0.304 e. The fraction of sp³-hybridized carbons (Fsp3) is 0.467. The SMILES string of the molecule is CCCn1ncc(Br)c1C(NCC)c1cccc(C)n1. The number of aromatic nitrogens is 3. The highest BCUT2D eigenvalue weighted by atomic mass is 79.9. The summed E-state index contributed by atoms with van der Waals surface area (Å²) in [6.45, 7) is 8.08. The molecule has 2 rings (SSSR count). The van der Waals surface area contributed by atoms with Crippen molar-refractivity contribution in [3.05, 3.63) is 46.0 Å². The number of nitrogens with one attached hydrogen (secondary N) is 1. The number of halogens is 1. The van der Waals surface area contributed by atoms with Gasteiger partial charge in [0.05, 0.1) is 28.1 Å². The molecule has 0 spiro atoms. The molecule has 0 aliphatic heterocycles. The summed E-state index contributed by atoms with van der Waals surface area (Å²) < 4.78 is 3.08. The van der Waals surface area contributed by atoms with E-state index < -0.39 is 0 Å². The number of hydrogen-bond acceptors (Lipinski definition) is 3. The summed E-state index contributed by atoms with van der Waals surface area (Å²) in [5.74, 6) is 0. The lowest BCUT2D eigenvalue weighted by Crippen LogP contribution is -2.26. The Morgan fingerprint density at radius 2 is 2.15 bits per heavy atom. The number of aryl methyl sites for hydroxylation is 2. The Morgan fingerprint density at radius 3 is 2.80 bits per heavy atom. The molecule has 0 amide bonds. The Bertz CT molecular complexity index is 565. The average molecular weight is 337 g/mol. The van der Waals surface area contributed by atoms with Gasteiger partial charge in [0.25, 0.3) is 0 Å². The van der Waals surface area contributed by atoms with E-state index >= 15 is 0 Å². The fourth-order valence-corrected chi connectivity index (χ4v) is 2.84. The summed E-state index contributed by atoms with van der Waals surface area (Å²) in [6, 6.07) is 6.19. The second-order valence-electron chi connectivity index (χ2n) is 4.80. The lowest BCUT2D eigenvalue weighted by atomic mass is 10.1. The van der Waals surface area contributed by atoms with Crippen LogP contribution in [-0.4, -0.2) is 21.3 Å². The Balaban J connectivity index is 2.45. The van der Waals surface area contributed by atoms with Crippen LogP contribution in [-0.2, 0) is 6.54 Å². The zero-order chi connectivity index (χ0) is 14.5. The molecule has 0 bridgehead atoms. The molecule has 108 valence electrons. The first-order chi connectivity index (χ1) is 9.67. The lowest BCUT2D eigenvalue weighted by Gasteiger charge is -2.20. The van der Waals surface area contributed by atoms with E-state index in [1.165, 1.54) is 0 Å². The number of nitrogens with zero attached hydrogens (tertiary/aromatic N) is 3. The second kappa shape index (κ2) is 6.99. The summed E-state index contributed by atoms with van der Waals surface area (Å²) in [4.78, 5) is 4.67. The predicted octanol–water partition coefficient (Wildman–Crippen LogP) is 3.46. The first-order valence-electron chi connectivity index (χ1n) is 7.05. The Morgan fingerprint density at radius 1 is 1.35 bits per heavy atom. The van der Waals surface area contributed by atoms with E-state index in [1.807, 2.05) is 19.2 Å². The molecule has 0 aromatic carbocycles. The molecule has 4 nitrogen and oxygen atoms in total. The third-order valence-electron chi connectivity index (χ3n) is 3.16. The van der Waals surface area contributed by atoms with E-state index in [1.54, 1.807) is 0 Å². The summed E-state index contributed by atoms with van der Waals surface area (Å²) in [5.41, 5.74) is 3.21. The molecule has 0 saturated carbocycles. The van der Waals surface area contributed by atoms with E-state index in [0.29, 0.717) is 0 Å². The average Bonchev–Trinajstić information content (AvgIpc) is 2.78. The van der Waals surface area contributed by atoms with Gasteiger partial charge in [-0.05, 0) is 48.0 Å². The standard InChI is InChI=1S/C15H21BrN4/c1-4-9-20-15(12(16)10-18-20)14(17-5-2)13-8-6-7-11(3)19-13/h6-8,10,14,17H,4-5,9H2,1-3H3. The number of rotatable bonds is 6. The molecule has 2 heterocycles. The van der Waals surface area contributed by atoms with Crippen molar-refractivity contribution in [3.63, 3.8) is 0 Å². The van der Waals surface area contributed by atoms with Gasteiger partial charge in [-0.2, -0.15) is 5.10 Å². The maximum Gasteiger partial charge on any atom is 0.0933 e. The highest BCUT2D eigenvalue weighted by Crippen LogP contribution is 2.28. The summed E-state index contributed by atoms with van der Waals surface area (Å²) in [7, 11) is 0. The molecule has 5 heteroatoms. The monoisotopic (exact) mass is 336 g/mol. The minimum absolute atomic E-state index is 0.0586. The summed E-state index contributed by atoms with van der Waals surface area (Å²) in [5, 5.41) is 7.97. The van der Waals surface area contributed by atoms with E-state index in [2.05, 4.69) is 62.0 Å². The molecule has 0 radical (unpaired) electrons. The van der Waals surface area contributed by atoms with Crippen molar-refractivity contribution in [2.24, 2.45) is 0 Å². The molecule has 2 aromatic heterocycles. The van der Waals surface area contributed by atoms with E-state index in [4.69, 9.17) is 0 Å². The van der Waals surface area contributed by atoms with E-state index in [-0.39, 0.29) is 6.04 Å². The van der Waals surface area contributed by atoms with E-state index in [0.717, 1.165) is 41.1 Å². The molecule has 0 fully saturated rings. The molecule has 20 heavy (non-hydrogen) atoms. The van der Waals surface area contributed by atoms with Crippen LogP contribution in [0.1, 0.15) is 43.4 Å². The molecule has 1 N–H and O–H groups in total.